The topological polar surface area (TPSA) is 26.3 Å². The molecule has 2 heteroatoms. The van der Waals surface area contributed by atoms with E-state index in [-0.39, 0.29) is 5.92 Å². The molecule has 1 unspecified atom stereocenters. The smallest absolute Gasteiger partial charge is 0.142 e. The molecule has 2 nitrogen and oxygen atoms in total. The maximum atomic E-state index is 11.7. The van der Waals surface area contributed by atoms with Crippen molar-refractivity contribution in [3.8, 4) is 0 Å². The molecule has 1 atom stereocenters. The molecular weight excluding hydrogens is 176 g/mol. The van der Waals surface area contributed by atoms with E-state index in [1.54, 1.807) is 0 Å². The third kappa shape index (κ3) is 2.02. The normalized spacial score (nSPS) is 23.1. The summed E-state index contributed by atoms with van der Waals surface area (Å²) in [7, 11) is 0. The summed E-state index contributed by atoms with van der Waals surface area (Å²) < 4.78 is 5.30. The first-order valence-electron chi connectivity index (χ1n) is 5.03. The Morgan fingerprint density at radius 1 is 1.14 bits per heavy atom. The summed E-state index contributed by atoms with van der Waals surface area (Å²) in [6, 6.07) is 9.98. The number of rotatable bonds is 1. The molecule has 1 aliphatic rings. The van der Waals surface area contributed by atoms with Crippen molar-refractivity contribution in [2.24, 2.45) is 0 Å². The lowest BCUT2D eigenvalue weighted by molar-refractivity contribution is -0.120. The van der Waals surface area contributed by atoms with E-state index in [1.807, 2.05) is 30.3 Å². The maximum absolute atomic E-state index is 11.7. The van der Waals surface area contributed by atoms with Gasteiger partial charge in [-0.15, -0.1) is 0 Å². The van der Waals surface area contributed by atoms with Crippen molar-refractivity contribution in [3.05, 3.63) is 35.9 Å². The number of ketones is 1. The van der Waals surface area contributed by atoms with Crippen LogP contribution in [0.15, 0.2) is 30.3 Å². The van der Waals surface area contributed by atoms with Crippen LogP contribution in [-0.4, -0.2) is 19.0 Å². The van der Waals surface area contributed by atoms with Crippen LogP contribution < -0.4 is 0 Å². The van der Waals surface area contributed by atoms with Crippen molar-refractivity contribution in [1.29, 1.82) is 0 Å². The van der Waals surface area contributed by atoms with Crippen LogP contribution in [0.3, 0.4) is 0 Å². The zero-order valence-electron chi connectivity index (χ0n) is 8.11. The highest BCUT2D eigenvalue weighted by Crippen LogP contribution is 2.23. The first-order valence-corrected chi connectivity index (χ1v) is 5.03. The van der Waals surface area contributed by atoms with Crippen LogP contribution in [0.4, 0.5) is 0 Å². The van der Waals surface area contributed by atoms with Gasteiger partial charge in [-0.25, -0.2) is 0 Å². The lowest BCUT2D eigenvalue weighted by atomic mass is 9.91. The standard InChI is InChI=1S/C12H14O2/c13-12-7-9-14-8-6-11(12)10-4-2-1-3-5-10/h1-5,11H,6-9H2. The predicted molar refractivity (Wildman–Crippen MR) is 54.2 cm³/mol. The van der Waals surface area contributed by atoms with E-state index in [4.69, 9.17) is 4.74 Å². The number of hydrogen-bond donors (Lipinski definition) is 0. The SMILES string of the molecule is O=C1CCOCCC1c1ccccc1. The molecule has 74 valence electrons. The van der Waals surface area contributed by atoms with E-state index >= 15 is 0 Å². The van der Waals surface area contributed by atoms with Crippen molar-refractivity contribution in [2.75, 3.05) is 13.2 Å². The Bertz CT molecular complexity index is 305. The van der Waals surface area contributed by atoms with Crippen LogP contribution in [0, 0.1) is 0 Å². The van der Waals surface area contributed by atoms with E-state index in [9.17, 15) is 4.79 Å². The average Bonchev–Trinajstić information content (AvgIpc) is 2.44. The first kappa shape index (κ1) is 9.41. The molecule has 0 aromatic heterocycles. The minimum atomic E-state index is 0.0544. The molecule has 0 radical (unpaired) electrons. The molecule has 0 bridgehead atoms. The lowest BCUT2D eigenvalue weighted by Crippen LogP contribution is -2.11. The molecule has 0 saturated carbocycles. The van der Waals surface area contributed by atoms with Gasteiger partial charge in [0.25, 0.3) is 0 Å². The molecule has 1 aliphatic heterocycles. The van der Waals surface area contributed by atoms with Gasteiger partial charge in [-0.05, 0) is 12.0 Å². The number of benzene rings is 1. The van der Waals surface area contributed by atoms with Gasteiger partial charge in [-0.2, -0.15) is 0 Å². The third-order valence-electron chi connectivity index (χ3n) is 2.63. The largest absolute Gasteiger partial charge is 0.381 e. The summed E-state index contributed by atoms with van der Waals surface area (Å²) in [4.78, 5) is 11.7. The zero-order chi connectivity index (χ0) is 9.80. The molecule has 1 fully saturated rings. The van der Waals surface area contributed by atoms with Crippen molar-refractivity contribution in [2.45, 2.75) is 18.8 Å². The van der Waals surface area contributed by atoms with Crippen LogP contribution in [-0.2, 0) is 9.53 Å². The number of ether oxygens (including phenoxy) is 1. The Labute approximate surface area is 83.9 Å². The number of carbonyl (C=O) groups is 1. The van der Waals surface area contributed by atoms with E-state index in [2.05, 4.69) is 0 Å². The van der Waals surface area contributed by atoms with E-state index in [0.717, 1.165) is 12.0 Å². The first-order chi connectivity index (χ1) is 6.88. The highest BCUT2D eigenvalue weighted by Gasteiger charge is 2.22. The van der Waals surface area contributed by atoms with Crippen LogP contribution >= 0.6 is 0 Å². The van der Waals surface area contributed by atoms with E-state index in [1.165, 1.54) is 0 Å². The van der Waals surface area contributed by atoms with Gasteiger partial charge in [0.1, 0.15) is 5.78 Å². The summed E-state index contributed by atoms with van der Waals surface area (Å²) in [5.74, 6) is 0.368. The Kier molecular flexibility index (Phi) is 2.94. The van der Waals surface area contributed by atoms with E-state index < -0.39 is 0 Å². The van der Waals surface area contributed by atoms with Crippen molar-refractivity contribution in [3.63, 3.8) is 0 Å². The monoisotopic (exact) mass is 190 g/mol. The summed E-state index contributed by atoms with van der Waals surface area (Å²) in [6.45, 7) is 1.29. The lowest BCUT2D eigenvalue weighted by Gasteiger charge is -2.11. The Hall–Kier alpha value is -1.15. The van der Waals surface area contributed by atoms with Crippen molar-refractivity contribution < 1.29 is 9.53 Å². The quantitative estimate of drug-likeness (QED) is 0.678. The molecular formula is C12H14O2. The molecule has 0 N–H and O–H groups in total. The fourth-order valence-electron chi connectivity index (χ4n) is 1.85. The second kappa shape index (κ2) is 4.38. The van der Waals surface area contributed by atoms with Gasteiger partial charge in [0, 0.05) is 18.9 Å². The maximum Gasteiger partial charge on any atom is 0.142 e. The van der Waals surface area contributed by atoms with Gasteiger partial charge in [-0.1, -0.05) is 30.3 Å². The minimum Gasteiger partial charge on any atom is -0.381 e. The molecule has 2 rings (SSSR count). The fourth-order valence-corrected chi connectivity index (χ4v) is 1.85. The van der Waals surface area contributed by atoms with Crippen molar-refractivity contribution in [1.82, 2.24) is 0 Å². The van der Waals surface area contributed by atoms with Crippen LogP contribution in [0.1, 0.15) is 24.3 Å². The number of Topliss-reactive ketones (excluding diaryl/α,β-unsaturated/α-hetero) is 1. The predicted octanol–water partition coefficient (Wildman–Crippen LogP) is 2.15. The van der Waals surface area contributed by atoms with Gasteiger partial charge >= 0.3 is 0 Å². The van der Waals surface area contributed by atoms with Gasteiger partial charge in [0.15, 0.2) is 0 Å². The highest BCUT2D eigenvalue weighted by molar-refractivity contribution is 5.85. The Morgan fingerprint density at radius 2 is 1.93 bits per heavy atom. The molecule has 0 spiro atoms. The Balaban J connectivity index is 2.19. The Morgan fingerprint density at radius 3 is 2.71 bits per heavy atom. The van der Waals surface area contributed by atoms with Crippen molar-refractivity contribution >= 4 is 5.78 Å². The summed E-state index contributed by atoms with van der Waals surface area (Å²) >= 11 is 0. The van der Waals surface area contributed by atoms with Crippen LogP contribution in [0.2, 0.25) is 0 Å². The van der Waals surface area contributed by atoms with Crippen LogP contribution in [0.5, 0.6) is 0 Å². The molecule has 1 aromatic carbocycles. The third-order valence-corrected chi connectivity index (χ3v) is 2.63. The average molecular weight is 190 g/mol. The minimum absolute atomic E-state index is 0.0544. The molecule has 1 aromatic rings. The molecule has 1 saturated heterocycles. The van der Waals surface area contributed by atoms with Crippen LogP contribution in [0.25, 0.3) is 0 Å². The summed E-state index contributed by atoms with van der Waals surface area (Å²) in [5.41, 5.74) is 1.13. The van der Waals surface area contributed by atoms with Gasteiger partial charge in [0.05, 0.1) is 6.61 Å². The second-order valence-corrected chi connectivity index (χ2v) is 3.58. The van der Waals surface area contributed by atoms with Gasteiger partial charge in [0.2, 0.25) is 0 Å². The molecule has 1 heterocycles. The number of carbonyl (C=O) groups excluding carboxylic acids is 1. The van der Waals surface area contributed by atoms with Gasteiger partial charge < -0.3 is 4.74 Å². The summed E-state index contributed by atoms with van der Waals surface area (Å²) in [5, 5.41) is 0. The molecule has 0 aliphatic carbocycles. The molecule has 14 heavy (non-hydrogen) atoms. The summed E-state index contributed by atoms with van der Waals surface area (Å²) in [6.07, 6.45) is 1.38. The number of hydrogen-bond acceptors (Lipinski definition) is 2. The van der Waals surface area contributed by atoms with Gasteiger partial charge in [-0.3, -0.25) is 4.79 Å². The van der Waals surface area contributed by atoms with E-state index in [0.29, 0.717) is 25.4 Å². The fraction of sp³-hybridized carbons (Fsp3) is 0.417. The second-order valence-electron chi connectivity index (χ2n) is 3.58. The zero-order valence-corrected chi connectivity index (χ0v) is 8.11. The molecule has 0 amide bonds. The highest BCUT2D eigenvalue weighted by atomic mass is 16.5.